The molecule has 0 spiro atoms. The second-order valence-electron chi connectivity index (χ2n) is 5.88. The number of rotatable bonds is 6. The third-order valence-electron chi connectivity index (χ3n) is 4.11. The lowest BCUT2D eigenvalue weighted by atomic mass is 10.2. The number of ether oxygens (including phenoxy) is 1. The van der Waals surface area contributed by atoms with E-state index in [0.29, 0.717) is 17.5 Å². The van der Waals surface area contributed by atoms with Crippen LogP contribution in [-0.2, 0) is 5.75 Å². The fourth-order valence-electron chi connectivity index (χ4n) is 2.70. The van der Waals surface area contributed by atoms with Crippen LogP contribution in [-0.4, -0.2) is 26.9 Å². The van der Waals surface area contributed by atoms with Gasteiger partial charge in [-0.2, -0.15) is 0 Å². The van der Waals surface area contributed by atoms with Crippen molar-refractivity contribution in [3.05, 3.63) is 72.4 Å². The lowest BCUT2D eigenvalue weighted by Crippen LogP contribution is -1.97. The maximum absolute atomic E-state index is 5.79. The van der Waals surface area contributed by atoms with Gasteiger partial charge in [0, 0.05) is 18.0 Å². The molecule has 2 aromatic heterocycles. The molecule has 6 nitrogen and oxygen atoms in total. The Balaban J connectivity index is 1.48. The van der Waals surface area contributed by atoms with Gasteiger partial charge in [0.1, 0.15) is 5.75 Å². The van der Waals surface area contributed by atoms with Crippen molar-refractivity contribution in [3.8, 4) is 22.9 Å². The van der Waals surface area contributed by atoms with E-state index in [2.05, 4.69) is 38.8 Å². The first kappa shape index (κ1) is 17.4. The van der Waals surface area contributed by atoms with Crippen molar-refractivity contribution in [2.75, 3.05) is 7.11 Å². The van der Waals surface area contributed by atoms with Crippen LogP contribution in [0.25, 0.3) is 17.1 Å². The minimum Gasteiger partial charge on any atom is -0.497 e. The smallest absolute Gasteiger partial charge is 0.247 e. The van der Waals surface area contributed by atoms with Crippen LogP contribution in [0.1, 0.15) is 11.5 Å². The topological polar surface area (TPSA) is 66.0 Å². The number of benzene rings is 2. The molecule has 2 heterocycles. The number of aryl methyl sites for hydroxylation is 1. The molecule has 136 valence electrons. The van der Waals surface area contributed by atoms with Crippen LogP contribution in [0, 0.1) is 6.92 Å². The Morgan fingerprint density at radius 1 is 1.07 bits per heavy atom. The van der Waals surface area contributed by atoms with Gasteiger partial charge in [0.15, 0.2) is 5.16 Å². The van der Waals surface area contributed by atoms with E-state index >= 15 is 0 Å². The number of methoxy groups -OCH3 is 1. The second kappa shape index (κ2) is 7.67. The van der Waals surface area contributed by atoms with Crippen LogP contribution < -0.4 is 4.74 Å². The van der Waals surface area contributed by atoms with Gasteiger partial charge >= 0.3 is 0 Å². The summed E-state index contributed by atoms with van der Waals surface area (Å²) in [6, 6.07) is 15.7. The Morgan fingerprint density at radius 2 is 1.89 bits per heavy atom. The summed E-state index contributed by atoms with van der Waals surface area (Å²) in [5.41, 5.74) is 3.17. The van der Waals surface area contributed by atoms with Crippen LogP contribution >= 0.6 is 11.8 Å². The molecule has 0 aliphatic carbocycles. The molecule has 0 saturated heterocycles. The summed E-state index contributed by atoms with van der Waals surface area (Å²) in [5, 5.41) is 9.17. The molecule has 0 fully saturated rings. The van der Waals surface area contributed by atoms with Gasteiger partial charge in [0.2, 0.25) is 11.8 Å². The maximum atomic E-state index is 5.79. The predicted octanol–water partition coefficient (Wildman–Crippen LogP) is 4.53. The van der Waals surface area contributed by atoms with E-state index in [4.69, 9.17) is 9.15 Å². The SMILES string of the molecule is COc1ccc(-c2nnc(CSc3nccn3-c3ccccc3C)o2)cc1. The molecule has 0 bridgehead atoms. The summed E-state index contributed by atoms with van der Waals surface area (Å²) in [6.45, 7) is 2.09. The zero-order chi connectivity index (χ0) is 18.6. The molecule has 4 aromatic rings. The quantitative estimate of drug-likeness (QED) is 0.459. The number of imidazole rings is 1. The molecular formula is C20H18N4O2S. The first-order valence-corrected chi connectivity index (χ1v) is 9.42. The number of nitrogens with zero attached hydrogens (tertiary/aromatic N) is 4. The molecule has 0 radical (unpaired) electrons. The minimum atomic E-state index is 0.496. The first-order valence-electron chi connectivity index (χ1n) is 8.43. The molecule has 7 heteroatoms. The molecule has 0 aliphatic rings. The number of hydrogen-bond donors (Lipinski definition) is 0. The fraction of sp³-hybridized carbons (Fsp3) is 0.150. The second-order valence-corrected chi connectivity index (χ2v) is 6.83. The highest BCUT2D eigenvalue weighted by molar-refractivity contribution is 7.98. The monoisotopic (exact) mass is 378 g/mol. The van der Waals surface area contributed by atoms with Crippen molar-refractivity contribution >= 4 is 11.8 Å². The summed E-state index contributed by atoms with van der Waals surface area (Å²) in [7, 11) is 1.64. The lowest BCUT2D eigenvalue weighted by Gasteiger charge is -2.09. The van der Waals surface area contributed by atoms with Gasteiger partial charge in [-0.05, 0) is 42.8 Å². The Labute approximate surface area is 161 Å². The molecular weight excluding hydrogens is 360 g/mol. The number of thioether (sulfide) groups is 1. The van der Waals surface area contributed by atoms with Crippen molar-refractivity contribution < 1.29 is 9.15 Å². The van der Waals surface area contributed by atoms with E-state index in [1.54, 1.807) is 25.1 Å². The van der Waals surface area contributed by atoms with Gasteiger partial charge in [0.25, 0.3) is 0 Å². The molecule has 0 amide bonds. The predicted molar refractivity (Wildman–Crippen MR) is 104 cm³/mol. The third-order valence-corrected chi connectivity index (χ3v) is 5.06. The molecule has 0 saturated carbocycles. The minimum absolute atomic E-state index is 0.496. The van der Waals surface area contributed by atoms with E-state index in [1.807, 2.05) is 42.6 Å². The standard InChI is InChI=1S/C20H18N4O2S/c1-14-5-3-4-6-17(14)24-12-11-21-20(24)27-13-18-22-23-19(26-18)15-7-9-16(25-2)10-8-15/h3-12H,13H2,1-2H3. The van der Waals surface area contributed by atoms with Crippen LogP contribution in [0.4, 0.5) is 0 Å². The molecule has 27 heavy (non-hydrogen) atoms. The van der Waals surface area contributed by atoms with Gasteiger partial charge in [-0.3, -0.25) is 4.57 Å². The molecule has 2 aromatic carbocycles. The first-order chi connectivity index (χ1) is 13.2. The van der Waals surface area contributed by atoms with Gasteiger partial charge < -0.3 is 9.15 Å². The number of para-hydroxylation sites is 1. The lowest BCUT2D eigenvalue weighted by molar-refractivity contribution is 0.415. The molecule has 0 N–H and O–H groups in total. The summed E-state index contributed by atoms with van der Waals surface area (Å²) < 4.78 is 13.0. The average molecular weight is 378 g/mol. The average Bonchev–Trinajstić information content (AvgIpc) is 3.36. The third kappa shape index (κ3) is 3.73. The van der Waals surface area contributed by atoms with Crippen molar-refractivity contribution in [1.29, 1.82) is 0 Å². The zero-order valence-electron chi connectivity index (χ0n) is 15.0. The van der Waals surface area contributed by atoms with E-state index in [1.165, 1.54) is 5.56 Å². The Hall–Kier alpha value is -3.06. The van der Waals surface area contributed by atoms with Crippen molar-refractivity contribution in [3.63, 3.8) is 0 Å². The summed E-state index contributed by atoms with van der Waals surface area (Å²) in [6.07, 6.45) is 3.76. The normalized spacial score (nSPS) is 10.9. The van der Waals surface area contributed by atoms with Crippen molar-refractivity contribution in [1.82, 2.24) is 19.7 Å². The highest BCUT2D eigenvalue weighted by Gasteiger charge is 2.12. The van der Waals surface area contributed by atoms with Crippen molar-refractivity contribution in [2.45, 2.75) is 17.8 Å². The zero-order valence-corrected chi connectivity index (χ0v) is 15.8. The van der Waals surface area contributed by atoms with E-state index in [0.717, 1.165) is 22.2 Å². The van der Waals surface area contributed by atoms with E-state index in [9.17, 15) is 0 Å². The maximum Gasteiger partial charge on any atom is 0.247 e. The van der Waals surface area contributed by atoms with Crippen LogP contribution in [0.15, 0.2) is 70.5 Å². The van der Waals surface area contributed by atoms with Crippen LogP contribution in [0.3, 0.4) is 0 Å². The Bertz CT molecular complexity index is 1040. The summed E-state index contributed by atoms with van der Waals surface area (Å²) >= 11 is 1.56. The van der Waals surface area contributed by atoms with Crippen molar-refractivity contribution in [2.24, 2.45) is 0 Å². The highest BCUT2D eigenvalue weighted by Crippen LogP contribution is 2.27. The van der Waals surface area contributed by atoms with Crippen LogP contribution in [0.5, 0.6) is 5.75 Å². The summed E-state index contributed by atoms with van der Waals surface area (Å²) in [5.74, 6) is 2.39. The number of aromatic nitrogens is 4. The van der Waals surface area contributed by atoms with Gasteiger partial charge in [0.05, 0.1) is 18.6 Å². The van der Waals surface area contributed by atoms with E-state index in [-0.39, 0.29) is 0 Å². The van der Waals surface area contributed by atoms with E-state index < -0.39 is 0 Å². The largest absolute Gasteiger partial charge is 0.497 e. The molecule has 0 atom stereocenters. The molecule has 0 aliphatic heterocycles. The van der Waals surface area contributed by atoms with Gasteiger partial charge in [-0.15, -0.1) is 10.2 Å². The van der Waals surface area contributed by atoms with Gasteiger partial charge in [-0.25, -0.2) is 4.98 Å². The summed E-state index contributed by atoms with van der Waals surface area (Å²) in [4.78, 5) is 4.45. The van der Waals surface area contributed by atoms with Gasteiger partial charge in [-0.1, -0.05) is 30.0 Å². The highest BCUT2D eigenvalue weighted by atomic mass is 32.2. The Morgan fingerprint density at radius 3 is 2.67 bits per heavy atom. The Kier molecular flexibility index (Phi) is 4.93. The van der Waals surface area contributed by atoms with Crippen LogP contribution in [0.2, 0.25) is 0 Å². The molecule has 0 unspecified atom stereocenters. The molecule has 4 rings (SSSR count). The fourth-order valence-corrected chi connectivity index (χ4v) is 3.50. The number of hydrogen-bond acceptors (Lipinski definition) is 6.